The van der Waals surface area contributed by atoms with Gasteiger partial charge < -0.3 is 15.5 Å². The van der Waals surface area contributed by atoms with Crippen molar-refractivity contribution in [1.82, 2.24) is 20.4 Å². The third-order valence-corrected chi connectivity index (χ3v) is 7.12. The molecule has 0 bridgehead atoms. The van der Waals surface area contributed by atoms with Crippen molar-refractivity contribution < 1.29 is 32.3 Å². The molecule has 1 aromatic rings. The number of rotatable bonds is 7. The van der Waals surface area contributed by atoms with Gasteiger partial charge in [-0.05, 0) is 49.3 Å². The number of hydrogen-bond donors (Lipinski definition) is 2. The average Bonchev–Trinajstić information content (AvgIpc) is 3.62. The molecule has 3 aliphatic rings. The molecule has 2 atom stereocenters. The second-order valence-electron chi connectivity index (χ2n) is 9.69. The van der Waals surface area contributed by atoms with Crippen molar-refractivity contribution in [2.45, 2.75) is 69.8 Å². The van der Waals surface area contributed by atoms with Crippen LogP contribution in [-0.2, 0) is 16.1 Å². The zero-order chi connectivity index (χ0) is 25.4. The number of benzene rings is 1. The van der Waals surface area contributed by atoms with E-state index in [0.717, 1.165) is 37.0 Å². The summed E-state index contributed by atoms with van der Waals surface area (Å²) in [5, 5.41) is 4.67. The Morgan fingerprint density at radius 2 is 1.83 bits per heavy atom. The molecule has 2 saturated carbocycles. The molecule has 1 saturated heterocycles. The lowest BCUT2D eigenvalue weighted by molar-refractivity contribution is -0.141. The molecule has 11 heteroatoms. The zero-order valence-corrected chi connectivity index (χ0v) is 19.5. The van der Waals surface area contributed by atoms with Crippen LogP contribution in [0.4, 0.5) is 18.0 Å². The lowest BCUT2D eigenvalue weighted by Gasteiger charge is -2.36. The molecule has 1 aliphatic heterocycles. The van der Waals surface area contributed by atoms with Gasteiger partial charge in [-0.25, -0.2) is 4.79 Å². The number of urea groups is 1. The summed E-state index contributed by atoms with van der Waals surface area (Å²) in [5.74, 6) is -1.52. The molecule has 190 valence electrons. The Bertz CT molecular complexity index is 1010. The SMILES string of the molecule is CC1CCCCC12NC(=O)N(CC(=O)N(Cc1ccc(C(=O)NCC(F)(F)F)cc1)C1CC1)C2=O. The number of alkyl halides is 3. The number of carbonyl (C=O) groups is 4. The normalized spacial score (nSPS) is 24.5. The summed E-state index contributed by atoms with van der Waals surface area (Å²) in [6, 6.07) is 5.43. The largest absolute Gasteiger partial charge is 0.405 e. The fourth-order valence-electron chi connectivity index (χ4n) is 4.91. The summed E-state index contributed by atoms with van der Waals surface area (Å²) in [6.45, 7) is 0.402. The third kappa shape index (κ3) is 5.43. The van der Waals surface area contributed by atoms with Crippen molar-refractivity contribution in [2.24, 2.45) is 5.92 Å². The molecular formula is C24H29F3N4O4. The molecule has 1 aromatic carbocycles. The van der Waals surface area contributed by atoms with E-state index in [1.165, 1.54) is 12.1 Å². The number of nitrogens with zero attached hydrogens (tertiary/aromatic N) is 2. The van der Waals surface area contributed by atoms with Crippen molar-refractivity contribution in [3.63, 3.8) is 0 Å². The minimum atomic E-state index is -4.50. The van der Waals surface area contributed by atoms with Gasteiger partial charge in [-0.3, -0.25) is 19.3 Å². The highest BCUT2D eigenvalue weighted by Gasteiger charge is 2.55. The molecule has 0 radical (unpaired) electrons. The van der Waals surface area contributed by atoms with Gasteiger partial charge in [0.2, 0.25) is 5.91 Å². The lowest BCUT2D eigenvalue weighted by Crippen LogP contribution is -2.54. The van der Waals surface area contributed by atoms with E-state index in [2.05, 4.69) is 5.32 Å². The van der Waals surface area contributed by atoms with Crippen LogP contribution >= 0.6 is 0 Å². The number of nitrogens with one attached hydrogen (secondary N) is 2. The van der Waals surface area contributed by atoms with Gasteiger partial charge in [0, 0.05) is 18.2 Å². The topological polar surface area (TPSA) is 98.8 Å². The first-order chi connectivity index (χ1) is 16.5. The smallest absolute Gasteiger partial charge is 0.343 e. The molecule has 3 fully saturated rings. The monoisotopic (exact) mass is 494 g/mol. The van der Waals surface area contributed by atoms with Crippen LogP contribution in [0.3, 0.4) is 0 Å². The van der Waals surface area contributed by atoms with Crippen molar-refractivity contribution in [1.29, 1.82) is 0 Å². The summed E-state index contributed by atoms with van der Waals surface area (Å²) >= 11 is 0. The Kier molecular flexibility index (Phi) is 6.79. The van der Waals surface area contributed by atoms with Gasteiger partial charge >= 0.3 is 12.2 Å². The second kappa shape index (κ2) is 9.50. The van der Waals surface area contributed by atoms with E-state index in [9.17, 15) is 32.3 Å². The first-order valence-electron chi connectivity index (χ1n) is 11.9. The van der Waals surface area contributed by atoms with Crippen LogP contribution in [0.1, 0.15) is 61.4 Å². The van der Waals surface area contributed by atoms with Crippen molar-refractivity contribution in [3.8, 4) is 0 Å². The molecule has 0 aromatic heterocycles. The second-order valence-corrected chi connectivity index (χ2v) is 9.69. The van der Waals surface area contributed by atoms with Crippen LogP contribution in [0, 0.1) is 5.92 Å². The highest BCUT2D eigenvalue weighted by Crippen LogP contribution is 2.38. The maximum absolute atomic E-state index is 13.2. The minimum absolute atomic E-state index is 0.000548. The van der Waals surface area contributed by atoms with Crippen molar-refractivity contribution >= 4 is 23.8 Å². The predicted octanol–water partition coefficient (Wildman–Crippen LogP) is 2.97. The molecule has 2 aliphatic carbocycles. The summed E-state index contributed by atoms with van der Waals surface area (Å²) < 4.78 is 36.9. The van der Waals surface area contributed by atoms with E-state index < -0.39 is 30.2 Å². The highest BCUT2D eigenvalue weighted by molar-refractivity contribution is 6.09. The molecule has 35 heavy (non-hydrogen) atoms. The van der Waals surface area contributed by atoms with E-state index in [4.69, 9.17) is 0 Å². The van der Waals surface area contributed by atoms with E-state index in [1.54, 1.807) is 17.0 Å². The molecule has 8 nitrogen and oxygen atoms in total. The highest BCUT2D eigenvalue weighted by atomic mass is 19.4. The van der Waals surface area contributed by atoms with Gasteiger partial charge in [-0.1, -0.05) is 31.9 Å². The lowest BCUT2D eigenvalue weighted by atomic mass is 9.73. The fourth-order valence-corrected chi connectivity index (χ4v) is 4.91. The summed E-state index contributed by atoms with van der Waals surface area (Å²) in [4.78, 5) is 53.5. The molecule has 1 heterocycles. The molecule has 4 rings (SSSR count). The summed E-state index contributed by atoms with van der Waals surface area (Å²) in [5.41, 5.74) is -0.163. The number of carbonyl (C=O) groups excluding carboxylic acids is 4. The first-order valence-corrected chi connectivity index (χ1v) is 11.9. The van der Waals surface area contributed by atoms with Crippen LogP contribution in [0.25, 0.3) is 0 Å². The van der Waals surface area contributed by atoms with Crippen LogP contribution in [0.15, 0.2) is 24.3 Å². The van der Waals surface area contributed by atoms with Gasteiger partial charge in [-0.2, -0.15) is 13.2 Å². The standard InChI is InChI=1S/C24H29F3N4O4/c1-15-4-2-3-11-23(15)21(34)31(22(35)29-23)13-19(32)30(18-9-10-18)12-16-5-7-17(8-6-16)20(33)28-14-24(25,26)27/h5-8,15,18H,2-4,9-14H2,1H3,(H,28,33)(H,29,35). The van der Waals surface area contributed by atoms with Crippen molar-refractivity contribution in [3.05, 3.63) is 35.4 Å². The predicted molar refractivity (Wildman–Crippen MR) is 119 cm³/mol. The van der Waals surface area contributed by atoms with Gasteiger partial charge in [0.25, 0.3) is 11.8 Å². The third-order valence-electron chi connectivity index (χ3n) is 7.12. The van der Waals surface area contributed by atoms with Crippen LogP contribution in [0.5, 0.6) is 0 Å². The minimum Gasteiger partial charge on any atom is -0.343 e. The molecule has 2 N–H and O–H groups in total. The molecular weight excluding hydrogens is 465 g/mol. The zero-order valence-electron chi connectivity index (χ0n) is 19.5. The molecule has 2 unspecified atom stereocenters. The molecule has 5 amide bonds. The van der Waals surface area contributed by atoms with Gasteiger partial charge in [-0.15, -0.1) is 0 Å². The Morgan fingerprint density at radius 1 is 1.14 bits per heavy atom. The summed E-state index contributed by atoms with van der Waals surface area (Å²) in [7, 11) is 0. The average molecular weight is 495 g/mol. The first kappa shape index (κ1) is 25.0. The Balaban J connectivity index is 1.40. The number of halogens is 3. The van der Waals surface area contributed by atoms with Crippen LogP contribution in [0.2, 0.25) is 0 Å². The van der Waals surface area contributed by atoms with Gasteiger partial charge in [0.1, 0.15) is 18.6 Å². The van der Waals surface area contributed by atoms with E-state index in [0.29, 0.717) is 12.0 Å². The fraction of sp³-hybridized carbons (Fsp3) is 0.583. The maximum atomic E-state index is 13.2. The van der Waals surface area contributed by atoms with E-state index in [-0.39, 0.29) is 42.4 Å². The van der Waals surface area contributed by atoms with Crippen LogP contribution < -0.4 is 10.6 Å². The quantitative estimate of drug-likeness (QED) is 0.570. The number of imide groups is 1. The van der Waals surface area contributed by atoms with E-state index >= 15 is 0 Å². The number of amides is 5. The maximum Gasteiger partial charge on any atom is 0.405 e. The Morgan fingerprint density at radius 3 is 2.43 bits per heavy atom. The van der Waals surface area contributed by atoms with Gasteiger partial charge in [0.05, 0.1) is 0 Å². The molecule has 1 spiro atoms. The van der Waals surface area contributed by atoms with Crippen LogP contribution in [-0.4, -0.2) is 64.4 Å². The van der Waals surface area contributed by atoms with E-state index in [1.807, 2.05) is 12.2 Å². The number of hydrogen-bond acceptors (Lipinski definition) is 4. The van der Waals surface area contributed by atoms with Crippen molar-refractivity contribution in [2.75, 3.05) is 13.1 Å². The summed E-state index contributed by atoms with van der Waals surface area (Å²) in [6.07, 6.45) is 0.378. The Hall–Kier alpha value is -3.11. The van der Waals surface area contributed by atoms with Gasteiger partial charge in [0.15, 0.2) is 0 Å². The Labute approximate surface area is 201 Å².